The van der Waals surface area contributed by atoms with Gasteiger partial charge in [-0.25, -0.2) is 4.98 Å². The summed E-state index contributed by atoms with van der Waals surface area (Å²) < 4.78 is 2.00. The third kappa shape index (κ3) is 4.49. The lowest BCUT2D eigenvalue weighted by Gasteiger charge is -2.32. The molecular formula is C23H25ClN4O2. The van der Waals surface area contributed by atoms with Crippen molar-refractivity contribution in [1.82, 2.24) is 19.8 Å². The van der Waals surface area contributed by atoms with Gasteiger partial charge in [-0.3, -0.25) is 9.59 Å². The Morgan fingerprint density at radius 3 is 2.73 bits per heavy atom. The molecule has 156 valence electrons. The average Bonchev–Trinajstić information content (AvgIpc) is 3.08. The summed E-state index contributed by atoms with van der Waals surface area (Å²) in [6, 6.07) is 15.6. The monoisotopic (exact) mass is 424 g/mol. The lowest BCUT2D eigenvalue weighted by atomic mass is 9.96. The summed E-state index contributed by atoms with van der Waals surface area (Å²) >= 11 is 5.93. The molecule has 2 amide bonds. The molecule has 0 radical (unpaired) electrons. The van der Waals surface area contributed by atoms with E-state index in [2.05, 4.69) is 10.3 Å². The van der Waals surface area contributed by atoms with E-state index in [1.165, 1.54) is 0 Å². The largest absolute Gasteiger partial charge is 0.349 e. The van der Waals surface area contributed by atoms with Crippen LogP contribution in [0.15, 0.2) is 48.5 Å². The van der Waals surface area contributed by atoms with Gasteiger partial charge in [-0.1, -0.05) is 35.9 Å². The molecule has 1 aliphatic heterocycles. The smallest absolute Gasteiger partial charge is 0.225 e. The minimum atomic E-state index is -0.192. The Hall–Kier alpha value is -2.86. The van der Waals surface area contributed by atoms with Crippen LogP contribution in [0, 0.1) is 5.92 Å². The number of amides is 2. The summed E-state index contributed by atoms with van der Waals surface area (Å²) in [7, 11) is 1.95. The van der Waals surface area contributed by atoms with Crippen LogP contribution >= 0.6 is 11.6 Å². The third-order valence-corrected chi connectivity index (χ3v) is 6.01. The molecule has 7 heteroatoms. The number of halogens is 1. The van der Waals surface area contributed by atoms with E-state index in [0.29, 0.717) is 37.5 Å². The predicted molar refractivity (Wildman–Crippen MR) is 117 cm³/mol. The molecule has 1 atom stereocenters. The molecule has 2 aromatic carbocycles. The van der Waals surface area contributed by atoms with Crippen molar-refractivity contribution in [3.63, 3.8) is 0 Å². The molecule has 3 aromatic rings. The van der Waals surface area contributed by atoms with Gasteiger partial charge >= 0.3 is 0 Å². The first kappa shape index (κ1) is 20.4. The molecule has 1 aromatic heterocycles. The number of carbonyl (C=O) groups excluding carboxylic acids is 2. The fraction of sp³-hybridized carbons (Fsp3) is 0.348. The summed E-state index contributed by atoms with van der Waals surface area (Å²) in [4.78, 5) is 31.5. The van der Waals surface area contributed by atoms with Crippen molar-refractivity contribution in [2.24, 2.45) is 13.0 Å². The second-order valence-electron chi connectivity index (χ2n) is 7.75. The number of imidazole rings is 1. The van der Waals surface area contributed by atoms with Crippen molar-refractivity contribution in [2.75, 3.05) is 13.1 Å². The van der Waals surface area contributed by atoms with Gasteiger partial charge in [0, 0.05) is 31.6 Å². The number of hydrogen-bond acceptors (Lipinski definition) is 3. The second kappa shape index (κ2) is 8.88. The van der Waals surface area contributed by atoms with Gasteiger partial charge in [0.25, 0.3) is 0 Å². The van der Waals surface area contributed by atoms with Crippen LogP contribution in [0.5, 0.6) is 0 Å². The number of nitrogens with zero attached hydrogens (tertiary/aromatic N) is 3. The highest BCUT2D eigenvalue weighted by atomic mass is 35.5. The zero-order valence-electron chi connectivity index (χ0n) is 17.0. The predicted octanol–water partition coefficient (Wildman–Crippen LogP) is 3.32. The lowest BCUT2D eigenvalue weighted by Crippen LogP contribution is -2.46. The first-order valence-electron chi connectivity index (χ1n) is 10.2. The first-order valence-corrected chi connectivity index (χ1v) is 10.6. The highest BCUT2D eigenvalue weighted by Gasteiger charge is 2.30. The molecule has 30 heavy (non-hydrogen) atoms. The fourth-order valence-corrected chi connectivity index (χ4v) is 4.05. The van der Waals surface area contributed by atoms with Gasteiger partial charge in [-0.15, -0.1) is 0 Å². The summed E-state index contributed by atoms with van der Waals surface area (Å²) in [6.45, 7) is 1.44. The van der Waals surface area contributed by atoms with Gasteiger partial charge in [-0.2, -0.15) is 0 Å². The topological polar surface area (TPSA) is 67.2 Å². The normalized spacial score (nSPS) is 16.8. The Morgan fingerprint density at radius 2 is 1.97 bits per heavy atom. The third-order valence-electron chi connectivity index (χ3n) is 5.76. The minimum Gasteiger partial charge on any atom is -0.349 e. The maximum atomic E-state index is 12.8. The summed E-state index contributed by atoms with van der Waals surface area (Å²) in [5, 5.41) is 3.71. The van der Waals surface area contributed by atoms with E-state index in [1.807, 2.05) is 60.1 Å². The molecule has 1 aliphatic rings. The Balaban J connectivity index is 1.33. The van der Waals surface area contributed by atoms with E-state index < -0.39 is 0 Å². The molecule has 0 bridgehead atoms. The van der Waals surface area contributed by atoms with E-state index in [-0.39, 0.29) is 17.7 Å². The van der Waals surface area contributed by atoms with Crippen molar-refractivity contribution < 1.29 is 9.59 Å². The molecule has 2 heterocycles. The number of benzene rings is 2. The van der Waals surface area contributed by atoms with Crippen LogP contribution in [0.25, 0.3) is 11.0 Å². The van der Waals surface area contributed by atoms with Gasteiger partial charge in [0.1, 0.15) is 5.82 Å². The number of aromatic nitrogens is 2. The quantitative estimate of drug-likeness (QED) is 0.660. The van der Waals surface area contributed by atoms with Crippen molar-refractivity contribution in [1.29, 1.82) is 0 Å². The Kier molecular flexibility index (Phi) is 6.04. The zero-order chi connectivity index (χ0) is 21.1. The van der Waals surface area contributed by atoms with Crippen molar-refractivity contribution in [3.05, 3.63) is 64.9 Å². The molecule has 1 N–H and O–H groups in total. The van der Waals surface area contributed by atoms with E-state index in [9.17, 15) is 9.59 Å². The second-order valence-corrected chi connectivity index (χ2v) is 8.18. The molecule has 1 saturated heterocycles. The van der Waals surface area contributed by atoms with Crippen LogP contribution in [0.1, 0.15) is 24.2 Å². The maximum absolute atomic E-state index is 12.8. The van der Waals surface area contributed by atoms with E-state index in [0.717, 1.165) is 28.8 Å². The highest BCUT2D eigenvalue weighted by molar-refractivity contribution is 6.30. The summed E-state index contributed by atoms with van der Waals surface area (Å²) in [5.41, 5.74) is 3.08. The summed E-state index contributed by atoms with van der Waals surface area (Å²) in [6.07, 6.45) is 1.74. The fourth-order valence-electron chi connectivity index (χ4n) is 3.92. The SMILES string of the molecule is Cn1c(CNC(=O)C2CCC(=O)N(CCc3ccc(Cl)cc3)C2)nc2ccccc21. The number of para-hydroxylation sites is 2. The number of carbonyl (C=O) groups is 2. The van der Waals surface area contributed by atoms with Crippen LogP contribution in [0.4, 0.5) is 0 Å². The molecule has 0 aliphatic carbocycles. The Labute approximate surface area is 180 Å². The Morgan fingerprint density at radius 1 is 1.20 bits per heavy atom. The van der Waals surface area contributed by atoms with Crippen LogP contribution in [0.3, 0.4) is 0 Å². The highest BCUT2D eigenvalue weighted by Crippen LogP contribution is 2.20. The molecule has 1 fully saturated rings. The van der Waals surface area contributed by atoms with Gasteiger partial charge < -0.3 is 14.8 Å². The summed E-state index contributed by atoms with van der Waals surface area (Å²) in [5.74, 6) is 0.716. The van der Waals surface area contributed by atoms with E-state index in [1.54, 1.807) is 4.90 Å². The number of likely N-dealkylation sites (tertiary alicyclic amines) is 1. The van der Waals surface area contributed by atoms with Crippen LogP contribution in [0.2, 0.25) is 5.02 Å². The number of hydrogen-bond donors (Lipinski definition) is 1. The molecule has 0 spiro atoms. The molecule has 1 unspecified atom stereocenters. The molecule has 4 rings (SSSR count). The van der Waals surface area contributed by atoms with Crippen molar-refractivity contribution >= 4 is 34.4 Å². The first-order chi connectivity index (χ1) is 14.5. The Bertz CT molecular complexity index is 1060. The number of rotatable bonds is 6. The van der Waals surface area contributed by atoms with E-state index in [4.69, 9.17) is 11.6 Å². The van der Waals surface area contributed by atoms with Crippen LogP contribution < -0.4 is 5.32 Å². The van der Waals surface area contributed by atoms with Gasteiger partial charge in [0.15, 0.2) is 0 Å². The molecular weight excluding hydrogens is 400 g/mol. The lowest BCUT2D eigenvalue weighted by molar-refractivity contribution is -0.138. The maximum Gasteiger partial charge on any atom is 0.225 e. The van der Waals surface area contributed by atoms with Gasteiger partial charge in [-0.05, 0) is 42.7 Å². The van der Waals surface area contributed by atoms with E-state index >= 15 is 0 Å². The average molecular weight is 425 g/mol. The standard InChI is InChI=1S/C23H25ClN4O2/c1-27-20-5-3-2-4-19(20)26-21(27)14-25-23(30)17-8-11-22(29)28(15-17)13-12-16-6-9-18(24)10-7-16/h2-7,9-10,17H,8,11-15H2,1H3,(H,25,30). The molecule has 0 saturated carbocycles. The number of nitrogens with one attached hydrogen (secondary N) is 1. The van der Waals surface area contributed by atoms with Gasteiger partial charge in [0.05, 0.1) is 23.5 Å². The van der Waals surface area contributed by atoms with Crippen LogP contribution in [-0.2, 0) is 29.6 Å². The van der Waals surface area contributed by atoms with Crippen LogP contribution in [-0.4, -0.2) is 39.4 Å². The minimum absolute atomic E-state index is 0.0222. The zero-order valence-corrected chi connectivity index (χ0v) is 17.7. The van der Waals surface area contributed by atoms with Crippen molar-refractivity contribution in [2.45, 2.75) is 25.8 Å². The number of piperidine rings is 1. The molecule has 6 nitrogen and oxygen atoms in total. The number of aryl methyl sites for hydroxylation is 1. The number of fused-ring (bicyclic) bond motifs is 1. The van der Waals surface area contributed by atoms with Gasteiger partial charge in [0.2, 0.25) is 11.8 Å². The van der Waals surface area contributed by atoms with Crippen molar-refractivity contribution in [3.8, 4) is 0 Å².